The van der Waals surface area contributed by atoms with Gasteiger partial charge in [0.05, 0.1) is 17.8 Å². The molecule has 0 spiro atoms. The summed E-state index contributed by atoms with van der Waals surface area (Å²) in [6.07, 6.45) is 8.47. The van der Waals surface area contributed by atoms with Gasteiger partial charge in [-0.15, -0.1) is 0 Å². The monoisotopic (exact) mass is 304 g/mol. The van der Waals surface area contributed by atoms with Crippen LogP contribution in [-0.4, -0.2) is 22.9 Å². The van der Waals surface area contributed by atoms with Crippen LogP contribution >= 0.6 is 0 Å². The number of rotatable bonds is 1. The Hall–Kier alpha value is -0.600. The number of allylic oxidation sites excluding steroid dienone is 1. The van der Waals surface area contributed by atoms with E-state index >= 15 is 0 Å². The molecule has 3 rings (SSSR count). The van der Waals surface area contributed by atoms with E-state index in [9.17, 15) is 5.11 Å². The molecule has 2 bridgehead atoms. The standard InChI is InChI=1S/C20H32O2/c1-13(2)17-9-8-15-7-6-14(3)10-16-11-19(4,21)12-18(22-16)20(15,17)5/h8,13,16-18,21H,3,6-7,9-12H2,1-2,4-5H3/t16-,17-,18-,19?,20+/m0/s1. The maximum atomic E-state index is 10.8. The smallest absolute Gasteiger partial charge is 0.0699 e. The van der Waals surface area contributed by atoms with Crippen LogP contribution in [0.25, 0.3) is 0 Å². The minimum absolute atomic E-state index is 0.0709. The third-order valence-electron chi connectivity index (χ3n) is 6.47. The van der Waals surface area contributed by atoms with Crippen molar-refractivity contribution in [3.8, 4) is 0 Å². The quantitative estimate of drug-likeness (QED) is 0.715. The van der Waals surface area contributed by atoms with Gasteiger partial charge in [-0.1, -0.05) is 44.6 Å². The summed E-state index contributed by atoms with van der Waals surface area (Å²) in [5, 5.41) is 10.8. The fraction of sp³-hybridized carbons (Fsp3) is 0.800. The van der Waals surface area contributed by atoms with E-state index in [0.29, 0.717) is 11.8 Å². The summed E-state index contributed by atoms with van der Waals surface area (Å²) in [5.41, 5.74) is 2.29. The van der Waals surface area contributed by atoms with Gasteiger partial charge in [-0.05, 0) is 44.4 Å². The van der Waals surface area contributed by atoms with E-state index in [1.54, 1.807) is 5.57 Å². The van der Waals surface area contributed by atoms with Crippen molar-refractivity contribution in [2.24, 2.45) is 17.3 Å². The summed E-state index contributed by atoms with van der Waals surface area (Å²) in [6, 6.07) is 0. The molecule has 1 N–H and O–H groups in total. The van der Waals surface area contributed by atoms with Crippen molar-refractivity contribution < 1.29 is 9.84 Å². The van der Waals surface area contributed by atoms with Gasteiger partial charge in [0.2, 0.25) is 0 Å². The first-order valence-corrected chi connectivity index (χ1v) is 8.96. The molecule has 2 aliphatic heterocycles. The van der Waals surface area contributed by atoms with Crippen LogP contribution in [0.2, 0.25) is 0 Å². The van der Waals surface area contributed by atoms with Crippen molar-refractivity contribution in [2.75, 3.05) is 0 Å². The molecule has 2 saturated heterocycles. The van der Waals surface area contributed by atoms with Crippen LogP contribution in [0.1, 0.15) is 66.2 Å². The molecule has 3 aliphatic rings. The summed E-state index contributed by atoms with van der Waals surface area (Å²) >= 11 is 0. The maximum Gasteiger partial charge on any atom is 0.0699 e. The largest absolute Gasteiger partial charge is 0.390 e. The van der Waals surface area contributed by atoms with Crippen molar-refractivity contribution in [3.63, 3.8) is 0 Å². The lowest BCUT2D eigenvalue weighted by molar-refractivity contribution is -0.175. The van der Waals surface area contributed by atoms with Crippen molar-refractivity contribution >= 4 is 0 Å². The second-order valence-electron chi connectivity index (χ2n) is 8.70. The van der Waals surface area contributed by atoms with Gasteiger partial charge in [0.15, 0.2) is 0 Å². The lowest BCUT2D eigenvalue weighted by Crippen LogP contribution is -2.52. The van der Waals surface area contributed by atoms with Gasteiger partial charge in [0, 0.05) is 18.3 Å². The topological polar surface area (TPSA) is 29.5 Å². The van der Waals surface area contributed by atoms with E-state index in [0.717, 1.165) is 38.5 Å². The predicted molar refractivity (Wildman–Crippen MR) is 90.6 cm³/mol. The summed E-state index contributed by atoms with van der Waals surface area (Å²) in [5.74, 6) is 1.25. The Balaban J connectivity index is 2.01. The minimum Gasteiger partial charge on any atom is -0.390 e. The van der Waals surface area contributed by atoms with E-state index in [4.69, 9.17) is 4.74 Å². The van der Waals surface area contributed by atoms with Crippen LogP contribution in [-0.2, 0) is 4.74 Å². The number of aliphatic hydroxyl groups is 1. The Kier molecular flexibility index (Phi) is 4.06. The summed E-state index contributed by atoms with van der Waals surface area (Å²) in [4.78, 5) is 0. The molecule has 124 valence electrons. The van der Waals surface area contributed by atoms with Gasteiger partial charge in [-0.3, -0.25) is 0 Å². The zero-order chi connectivity index (χ0) is 16.1. The van der Waals surface area contributed by atoms with Gasteiger partial charge >= 0.3 is 0 Å². The molecular weight excluding hydrogens is 272 g/mol. The highest BCUT2D eigenvalue weighted by molar-refractivity contribution is 5.27. The Morgan fingerprint density at radius 2 is 2.00 bits per heavy atom. The molecule has 0 saturated carbocycles. The van der Waals surface area contributed by atoms with E-state index < -0.39 is 5.60 Å². The predicted octanol–water partition coefficient (Wildman–Crippen LogP) is 4.63. The van der Waals surface area contributed by atoms with Crippen molar-refractivity contribution in [3.05, 3.63) is 23.8 Å². The first kappa shape index (κ1) is 16.3. The van der Waals surface area contributed by atoms with Gasteiger partial charge in [-0.2, -0.15) is 0 Å². The SMILES string of the molecule is C=C1CCC2=CC[C@@H](C(C)C)[C@]2(C)[C@@H]2CC(C)(O)C[C@H](C1)O2. The molecule has 1 aliphatic carbocycles. The molecule has 1 unspecified atom stereocenters. The Labute approximate surface area is 135 Å². The molecule has 22 heavy (non-hydrogen) atoms. The third-order valence-corrected chi connectivity index (χ3v) is 6.47. The average molecular weight is 304 g/mol. The van der Waals surface area contributed by atoms with Crippen LogP contribution < -0.4 is 0 Å². The fourth-order valence-corrected chi connectivity index (χ4v) is 5.26. The van der Waals surface area contributed by atoms with Gasteiger partial charge in [0.1, 0.15) is 0 Å². The van der Waals surface area contributed by atoms with E-state index in [2.05, 4.69) is 33.4 Å². The lowest BCUT2D eigenvalue weighted by atomic mass is 9.63. The van der Waals surface area contributed by atoms with Crippen molar-refractivity contribution in [1.29, 1.82) is 0 Å². The molecule has 2 heterocycles. The van der Waals surface area contributed by atoms with Gasteiger partial charge in [0.25, 0.3) is 0 Å². The normalized spacial score (nSPS) is 45.8. The molecule has 0 amide bonds. The fourth-order valence-electron chi connectivity index (χ4n) is 5.26. The van der Waals surface area contributed by atoms with Crippen LogP contribution in [0, 0.1) is 17.3 Å². The van der Waals surface area contributed by atoms with E-state index in [1.165, 1.54) is 5.57 Å². The molecule has 0 aromatic heterocycles. The highest BCUT2D eigenvalue weighted by Gasteiger charge is 2.53. The molecule has 2 heteroatoms. The molecule has 2 fully saturated rings. The molecule has 0 aromatic carbocycles. The number of ether oxygens (including phenoxy) is 1. The Morgan fingerprint density at radius 3 is 2.68 bits per heavy atom. The van der Waals surface area contributed by atoms with Crippen LogP contribution in [0.3, 0.4) is 0 Å². The molecule has 2 nitrogen and oxygen atoms in total. The lowest BCUT2D eigenvalue weighted by Gasteiger charge is -2.49. The molecular formula is C20H32O2. The van der Waals surface area contributed by atoms with Crippen molar-refractivity contribution in [2.45, 2.75) is 84.0 Å². The Bertz CT molecular complexity index is 488. The summed E-state index contributed by atoms with van der Waals surface area (Å²) in [6.45, 7) is 13.3. The van der Waals surface area contributed by atoms with Gasteiger partial charge in [-0.25, -0.2) is 0 Å². The number of fused-ring (bicyclic) bond motifs is 4. The molecule has 0 aromatic rings. The maximum absolute atomic E-state index is 10.8. The summed E-state index contributed by atoms with van der Waals surface area (Å²) < 4.78 is 6.55. The zero-order valence-electron chi connectivity index (χ0n) is 14.7. The first-order chi connectivity index (χ1) is 10.2. The second-order valence-corrected chi connectivity index (χ2v) is 8.70. The molecule has 0 radical (unpaired) electrons. The minimum atomic E-state index is -0.615. The van der Waals surface area contributed by atoms with Crippen molar-refractivity contribution in [1.82, 2.24) is 0 Å². The van der Waals surface area contributed by atoms with Crippen LogP contribution in [0.4, 0.5) is 0 Å². The van der Waals surface area contributed by atoms with E-state index in [-0.39, 0.29) is 17.6 Å². The number of hydrogen-bond donors (Lipinski definition) is 1. The average Bonchev–Trinajstić information content (AvgIpc) is 2.73. The summed E-state index contributed by atoms with van der Waals surface area (Å²) in [7, 11) is 0. The van der Waals surface area contributed by atoms with Crippen LogP contribution in [0.5, 0.6) is 0 Å². The van der Waals surface area contributed by atoms with Crippen LogP contribution in [0.15, 0.2) is 23.8 Å². The van der Waals surface area contributed by atoms with E-state index in [1.807, 2.05) is 6.92 Å². The first-order valence-electron chi connectivity index (χ1n) is 8.96. The number of hydrogen-bond acceptors (Lipinski definition) is 2. The highest BCUT2D eigenvalue weighted by atomic mass is 16.5. The third kappa shape index (κ3) is 2.69. The molecule has 5 atom stereocenters. The zero-order valence-corrected chi connectivity index (χ0v) is 14.7. The Morgan fingerprint density at radius 1 is 1.27 bits per heavy atom. The second kappa shape index (κ2) is 5.49. The van der Waals surface area contributed by atoms with Gasteiger partial charge < -0.3 is 9.84 Å². The highest BCUT2D eigenvalue weighted by Crippen LogP contribution is 2.56.